The summed E-state index contributed by atoms with van der Waals surface area (Å²) >= 11 is 0. The molecule has 20 heavy (non-hydrogen) atoms. The highest BCUT2D eigenvalue weighted by atomic mass is 16.5. The van der Waals surface area contributed by atoms with Crippen molar-refractivity contribution in [3.8, 4) is 6.01 Å². The summed E-state index contributed by atoms with van der Waals surface area (Å²) in [6.07, 6.45) is 3.67. The summed E-state index contributed by atoms with van der Waals surface area (Å²) < 4.78 is 6.66. The van der Waals surface area contributed by atoms with Crippen LogP contribution in [0.25, 0.3) is 0 Å². The lowest BCUT2D eigenvalue weighted by Crippen LogP contribution is -2.30. The molecule has 5 nitrogen and oxygen atoms in total. The molecule has 1 rings (SSSR count). The van der Waals surface area contributed by atoms with Crippen molar-refractivity contribution in [2.24, 2.45) is 5.92 Å². The van der Waals surface area contributed by atoms with Crippen molar-refractivity contribution < 1.29 is 9.53 Å². The van der Waals surface area contributed by atoms with E-state index in [-0.39, 0.29) is 11.4 Å². The number of hydrogen-bond donors (Lipinski definition) is 1. The Morgan fingerprint density at radius 1 is 1.50 bits per heavy atom. The molecule has 0 saturated carbocycles. The summed E-state index contributed by atoms with van der Waals surface area (Å²) in [5, 5.41) is 2.89. The lowest BCUT2D eigenvalue weighted by Gasteiger charge is -2.19. The maximum atomic E-state index is 12.2. The van der Waals surface area contributed by atoms with Gasteiger partial charge in [-0.15, -0.1) is 0 Å². The van der Waals surface area contributed by atoms with Gasteiger partial charge in [0.25, 0.3) is 0 Å². The predicted molar refractivity (Wildman–Crippen MR) is 80.3 cm³/mol. The molecule has 1 aromatic rings. The second-order valence-electron chi connectivity index (χ2n) is 6.13. The number of carbonyl (C=O) groups is 1. The lowest BCUT2D eigenvalue weighted by atomic mass is 9.87. The normalized spacial score (nSPS) is 11.8. The van der Waals surface area contributed by atoms with Crippen molar-refractivity contribution in [2.45, 2.75) is 52.9 Å². The van der Waals surface area contributed by atoms with Crippen molar-refractivity contribution in [1.82, 2.24) is 14.9 Å². The van der Waals surface area contributed by atoms with Gasteiger partial charge in [0.15, 0.2) is 0 Å². The molecule has 0 unspecified atom stereocenters. The van der Waals surface area contributed by atoms with Gasteiger partial charge < -0.3 is 10.1 Å². The fourth-order valence-electron chi connectivity index (χ4n) is 1.71. The van der Waals surface area contributed by atoms with Crippen LogP contribution in [0.3, 0.4) is 0 Å². The molecular formula is C15H27N3O2. The largest absolute Gasteiger partial charge is 0.468 e. The highest BCUT2D eigenvalue weighted by molar-refractivity contribution is 5.78. The van der Waals surface area contributed by atoms with Crippen LogP contribution in [0.15, 0.2) is 6.20 Å². The number of methoxy groups -OCH3 is 1. The van der Waals surface area contributed by atoms with Gasteiger partial charge in [0, 0.05) is 18.2 Å². The topological polar surface area (TPSA) is 56.2 Å². The molecular weight excluding hydrogens is 254 g/mol. The van der Waals surface area contributed by atoms with Gasteiger partial charge in [-0.05, 0) is 18.8 Å². The molecule has 0 radical (unpaired) electrons. The molecule has 0 atom stereocenters. The number of imidazole rings is 1. The Morgan fingerprint density at radius 2 is 2.15 bits per heavy atom. The molecule has 1 N–H and O–H groups in total. The van der Waals surface area contributed by atoms with Crippen molar-refractivity contribution in [2.75, 3.05) is 13.7 Å². The van der Waals surface area contributed by atoms with Crippen LogP contribution in [-0.4, -0.2) is 29.2 Å². The summed E-state index contributed by atoms with van der Waals surface area (Å²) in [5.41, 5.74) is 0.798. The van der Waals surface area contributed by atoms with Crippen LogP contribution in [0.2, 0.25) is 0 Å². The van der Waals surface area contributed by atoms with Crippen LogP contribution in [0, 0.1) is 5.92 Å². The molecule has 5 heteroatoms. The molecule has 0 fully saturated rings. The Morgan fingerprint density at radius 3 is 2.65 bits per heavy atom. The minimum absolute atomic E-state index is 0.0727. The first kappa shape index (κ1) is 16.5. The molecule has 0 aromatic carbocycles. The summed E-state index contributed by atoms with van der Waals surface area (Å²) in [5.74, 6) is 0.564. The Labute approximate surface area is 121 Å². The van der Waals surface area contributed by atoms with Gasteiger partial charge in [-0.3, -0.25) is 0 Å². The predicted octanol–water partition coefficient (Wildman–Crippen LogP) is 3.18. The zero-order chi connectivity index (χ0) is 15.3. The molecule has 114 valence electrons. The van der Waals surface area contributed by atoms with E-state index in [0.717, 1.165) is 18.5 Å². The monoisotopic (exact) mass is 281 g/mol. The maximum Gasteiger partial charge on any atom is 0.329 e. The van der Waals surface area contributed by atoms with E-state index in [9.17, 15) is 4.79 Å². The number of amides is 1. The number of aromatic nitrogens is 2. The maximum absolute atomic E-state index is 12.2. The van der Waals surface area contributed by atoms with E-state index in [0.29, 0.717) is 18.5 Å². The number of nitrogens with zero attached hydrogens (tertiary/aromatic N) is 2. The Hall–Kier alpha value is -1.52. The van der Waals surface area contributed by atoms with Crippen LogP contribution in [-0.2, 0) is 5.41 Å². The molecule has 1 aromatic heterocycles. The summed E-state index contributed by atoms with van der Waals surface area (Å²) in [6.45, 7) is 11.2. The van der Waals surface area contributed by atoms with Crippen molar-refractivity contribution in [3.63, 3.8) is 0 Å². The molecule has 0 saturated heterocycles. The molecule has 0 spiro atoms. The number of rotatable bonds is 6. The average molecular weight is 281 g/mol. The van der Waals surface area contributed by atoms with Crippen LogP contribution in [0.1, 0.15) is 53.2 Å². The third kappa shape index (κ3) is 3.99. The number of nitrogens with one attached hydrogen (secondary N) is 1. The molecule has 1 heterocycles. The quantitative estimate of drug-likeness (QED) is 0.871. The van der Waals surface area contributed by atoms with E-state index in [1.165, 1.54) is 11.7 Å². The molecule has 0 bridgehead atoms. The van der Waals surface area contributed by atoms with Gasteiger partial charge in [0.2, 0.25) is 0 Å². The standard InChI is InChI=1S/C15H27N3O2/c1-7-15(4,5)12-10-18(14(17-12)20-6)13(19)16-9-8-11(2)3/h10-11H,7-9H2,1-6H3,(H,16,19). The van der Waals surface area contributed by atoms with Gasteiger partial charge in [0.1, 0.15) is 0 Å². The van der Waals surface area contributed by atoms with Gasteiger partial charge >= 0.3 is 12.0 Å². The van der Waals surface area contributed by atoms with Gasteiger partial charge in [-0.25, -0.2) is 9.36 Å². The molecule has 0 aliphatic heterocycles. The van der Waals surface area contributed by atoms with Crippen LogP contribution in [0.4, 0.5) is 4.79 Å². The molecule has 0 aliphatic carbocycles. The van der Waals surface area contributed by atoms with Crippen molar-refractivity contribution in [1.29, 1.82) is 0 Å². The Balaban J connectivity index is 2.86. The second kappa shape index (κ2) is 6.77. The zero-order valence-corrected chi connectivity index (χ0v) is 13.5. The Kier molecular flexibility index (Phi) is 5.60. The first-order chi connectivity index (χ1) is 9.31. The lowest BCUT2D eigenvalue weighted by molar-refractivity contribution is 0.237. The van der Waals surface area contributed by atoms with E-state index in [2.05, 4.69) is 44.9 Å². The van der Waals surface area contributed by atoms with E-state index in [4.69, 9.17) is 4.74 Å². The number of carbonyl (C=O) groups excluding carboxylic acids is 1. The molecule has 0 aliphatic rings. The third-order valence-corrected chi connectivity index (χ3v) is 3.65. The Bertz CT molecular complexity index is 450. The number of hydrogen-bond acceptors (Lipinski definition) is 3. The smallest absolute Gasteiger partial charge is 0.329 e. The first-order valence-electron chi connectivity index (χ1n) is 7.23. The second-order valence-corrected chi connectivity index (χ2v) is 6.13. The fraction of sp³-hybridized carbons (Fsp3) is 0.733. The average Bonchev–Trinajstić information content (AvgIpc) is 2.83. The van der Waals surface area contributed by atoms with Crippen LogP contribution >= 0.6 is 0 Å². The van der Waals surface area contributed by atoms with Crippen molar-refractivity contribution >= 4 is 6.03 Å². The SMILES string of the molecule is CCC(C)(C)c1cn(C(=O)NCCC(C)C)c(OC)n1. The van der Waals surface area contributed by atoms with Gasteiger partial charge in [0.05, 0.1) is 12.8 Å². The summed E-state index contributed by atoms with van der Waals surface area (Å²) in [4.78, 5) is 16.6. The highest BCUT2D eigenvalue weighted by Gasteiger charge is 2.25. The van der Waals surface area contributed by atoms with Gasteiger partial charge in [-0.1, -0.05) is 34.6 Å². The van der Waals surface area contributed by atoms with E-state index >= 15 is 0 Å². The first-order valence-corrected chi connectivity index (χ1v) is 7.23. The number of ether oxygens (including phenoxy) is 1. The summed E-state index contributed by atoms with van der Waals surface area (Å²) in [6, 6.07) is 0.150. The zero-order valence-electron chi connectivity index (χ0n) is 13.5. The van der Waals surface area contributed by atoms with Gasteiger partial charge in [-0.2, -0.15) is 4.98 Å². The highest BCUT2D eigenvalue weighted by Crippen LogP contribution is 2.27. The van der Waals surface area contributed by atoms with Crippen LogP contribution in [0.5, 0.6) is 6.01 Å². The van der Waals surface area contributed by atoms with Crippen molar-refractivity contribution in [3.05, 3.63) is 11.9 Å². The molecule has 1 amide bonds. The minimum Gasteiger partial charge on any atom is -0.468 e. The van der Waals surface area contributed by atoms with E-state index in [1.54, 1.807) is 6.20 Å². The minimum atomic E-state index is -0.187. The van der Waals surface area contributed by atoms with Crippen LogP contribution < -0.4 is 10.1 Å². The fourth-order valence-corrected chi connectivity index (χ4v) is 1.71. The van der Waals surface area contributed by atoms with E-state index < -0.39 is 0 Å². The summed E-state index contributed by atoms with van der Waals surface area (Å²) in [7, 11) is 1.53. The van der Waals surface area contributed by atoms with E-state index in [1.807, 2.05) is 0 Å². The third-order valence-electron chi connectivity index (χ3n) is 3.65.